The Balaban J connectivity index is 1.65. The fourth-order valence-corrected chi connectivity index (χ4v) is 5.35. The van der Waals surface area contributed by atoms with E-state index in [1.165, 1.54) is 15.9 Å². The van der Waals surface area contributed by atoms with Gasteiger partial charge in [0, 0.05) is 6.54 Å². The molecule has 1 amide bonds. The summed E-state index contributed by atoms with van der Waals surface area (Å²) in [5, 5.41) is 17.0. The van der Waals surface area contributed by atoms with E-state index in [9.17, 15) is 14.7 Å². The van der Waals surface area contributed by atoms with E-state index in [0.29, 0.717) is 13.2 Å². The molecule has 1 fully saturated rings. The van der Waals surface area contributed by atoms with Crippen LogP contribution in [0.5, 0.6) is 5.75 Å². The second-order valence-corrected chi connectivity index (χ2v) is 8.86. The van der Waals surface area contributed by atoms with Crippen molar-refractivity contribution < 1.29 is 14.6 Å². The summed E-state index contributed by atoms with van der Waals surface area (Å²) >= 11 is 0. The van der Waals surface area contributed by atoms with Gasteiger partial charge in [0.05, 0.1) is 12.7 Å². The first kappa shape index (κ1) is 20.0. The normalized spacial score (nSPS) is 22.2. The maximum Gasteiger partial charge on any atom is 0.280 e. The number of aryl methyl sites for hydroxylation is 2. The second-order valence-electron chi connectivity index (χ2n) is 8.86. The summed E-state index contributed by atoms with van der Waals surface area (Å²) in [6.45, 7) is 2.56. The van der Waals surface area contributed by atoms with Crippen LogP contribution in [-0.2, 0) is 17.6 Å². The first-order valence-electron chi connectivity index (χ1n) is 11.2. The lowest BCUT2D eigenvalue weighted by atomic mass is 9.93. The Hall–Kier alpha value is -3.65. The number of aromatic nitrogens is 2. The van der Waals surface area contributed by atoms with Gasteiger partial charge < -0.3 is 14.7 Å². The monoisotopic (exact) mass is 444 g/mol. The number of ether oxygens (including phenoxy) is 1. The molecule has 0 unspecified atom stereocenters. The molecule has 8 nitrogen and oxygen atoms in total. The minimum atomic E-state index is -0.670. The van der Waals surface area contributed by atoms with Crippen LogP contribution in [0.25, 0.3) is 0 Å². The van der Waals surface area contributed by atoms with Gasteiger partial charge in [-0.1, -0.05) is 48.5 Å². The van der Waals surface area contributed by atoms with Crippen molar-refractivity contribution in [1.29, 1.82) is 0 Å². The number of rotatable bonds is 1. The first-order valence-corrected chi connectivity index (χ1v) is 11.2. The highest BCUT2D eigenvalue weighted by Crippen LogP contribution is 2.40. The van der Waals surface area contributed by atoms with E-state index in [-0.39, 0.29) is 17.8 Å². The van der Waals surface area contributed by atoms with Crippen molar-refractivity contribution in [2.24, 2.45) is 0 Å². The quantitative estimate of drug-likeness (QED) is 0.618. The van der Waals surface area contributed by atoms with Crippen molar-refractivity contribution in [1.82, 2.24) is 14.8 Å². The highest BCUT2D eigenvalue weighted by atomic mass is 16.5. The molecule has 168 valence electrons. The Labute approximate surface area is 190 Å². The van der Waals surface area contributed by atoms with E-state index >= 15 is 0 Å². The second kappa shape index (κ2) is 7.45. The molecule has 33 heavy (non-hydrogen) atoms. The molecule has 1 aliphatic carbocycles. The SMILES string of the molecule is C[C@H]1CN2C(=O)c3c(O)c(=O)cnn3N(C3c4ccccc4CCc4ccccc43)[C@@H]2CO1. The van der Waals surface area contributed by atoms with Crippen LogP contribution >= 0.6 is 0 Å². The predicted molar refractivity (Wildman–Crippen MR) is 121 cm³/mol. The molecular formula is C25H24N4O4. The third kappa shape index (κ3) is 2.97. The number of hydrogen-bond donors (Lipinski definition) is 1. The van der Waals surface area contributed by atoms with Crippen LogP contribution in [0.15, 0.2) is 59.5 Å². The number of nitrogens with zero attached hydrogens (tertiary/aromatic N) is 4. The molecule has 1 aromatic heterocycles. The van der Waals surface area contributed by atoms with Crippen molar-refractivity contribution >= 4 is 5.91 Å². The molecular weight excluding hydrogens is 420 g/mol. The van der Waals surface area contributed by atoms with E-state index in [4.69, 9.17) is 4.74 Å². The van der Waals surface area contributed by atoms with Crippen LogP contribution in [-0.4, -0.2) is 51.2 Å². The Morgan fingerprint density at radius 2 is 1.64 bits per heavy atom. The lowest BCUT2D eigenvalue weighted by Gasteiger charge is -2.51. The van der Waals surface area contributed by atoms with Gasteiger partial charge in [0.2, 0.25) is 5.43 Å². The zero-order valence-corrected chi connectivity index (χ0v) is 18.2. The number of morpholine rings is 1. The average molecular weight is 444 g/mol. The summed E-state index contributed by atoms with van der Waals surface area (Å²) in [4.78, 5) is 28.8. The van der Waals surface area contributed by atoms with Crippen molar-refractivity contribution in [2.45, 2.75) is 38.1 Å². The Bertz CT molecular complexity index is 1270. The number of fused-ring (bicyclic) bond motifs is 4. The van der Waals surface area contributed by atoms with Crippen LogP contribution in [0.3, 0.4) is 0 Å². The zero-order chi connectivity index (χ0) is 22.7. The molecule has 3 heterocycles. The number of carbonyl (C=O) groups excluding carboxylic acids is 1. The molecule has 6 rings (SSSR count). The van der Waals surface area contributed by atoms with Gasteiger partial charge in [-0.25, -0.2) is 0 Å². The van der Waals surface area contributed by atoms with Gasteiger partial charge in [-0.3, -0.25) is 14.6 Å². The van der Waals surface area contributed by atoms with Crippen molar-refractivity contribution in [3.05, 3.63) is 92.9 Å². The summed E-state index contributed by atoms with van der Waals surface area (Å²) in [5.74, 6) is -0.989. The number of benzene rings is 2. The fraction of sp³-hybridized carbons (Fsp3) is 0.320. The Morgan fingerprint density at radius 1 is 1.00 bits per heavy atom. The molecule has 1 saturated heterocycles. The largest absolute Gasteiger partial charge is 0.502 e. The van der Waals surface area contributed by atoms with Crippen LogP contribution in [0.4, 0.5) is 0 Å². The van der Waals surface area contributed by atoms with Crippen LogP contribution in [0.2, 0.25) is 0 Å². The standard InChI is InChI=1S/C25H24N4O4/c1-15-13-27-21(14-33-15)28(29-23(25(27)32)24(31)20(30)12-26-29)22-18-8-4-2-6-16(18)10-11-17-7-3-5-9-19(17)22/h2-9,12,15,21-22,31H,10-11,13-14H2,1H3/t15-,21+/m0/s1. The summed E-state index contributed by atoms with van der Waals surface area (Å²) in [7, 11) is 0. The molecule has 8 heteroatoms. The van der Waals surface area contributed by atoms with E-state index in [1.54, 1.807) is 4.90 Å². The summed E-state index contributed by atoms with van der Waals surface area (Å²) < 4.78 is 5.99. The predicted octanol–water partition coefficient (Wildman–Crippen LogP) is 1.98. The summed E-state index contributed by atoms with van der Waals surface area (Å²) in [5.41, 5.74) is 3.89. The van der Waals surface area contributed by atoms with Gasteiger partial charge in [-0.2, -0.15) is 9.89 Å². The molecule has 2 aromatic carbocycles. The fourth-order valence-electron chi connectivity index (χ4n) is 5.35. The number of carbonyl (C=O) groups is 1. The maximum atomic E-state index is 13.4. The van der Waals surface area contributed by atoms with E-state index in [2.05, 4.69) is 29.4 Å². The molecule has 3 aromatic rings. The van der Waals surface area contributed by atoms with Crippen LogP contribution in [0.1, 0.15) is 45.7 Å². The third-order valence-electron chi connectivity index (χ3n) is 6.90. The van der Waals surface area contributed by atoms with Gasteiger partial charge in [0.15, 0.2) is 11.4 Å². The van der Waals surface area contributed by atoms with Gasteiger partial charge in [-0.05, 0) is 42.0 Å². The summed E-state index contributed by atoms with van der Waals surface area (Å²) in [6.07, 6.45) is 2.26. The summed E-state index contributed by atoms with van der Waals surface area (Å²) in [6, 6.07) is 16.3. The van der Waals surface area contributed by atoms with Gasteiger partial charge in [-0.15, -0.1) is 0 Å². The number of amides is 1. The Kier molecular flexibility index (Phi) is 4.51. The molecule has 2 aliphatic heterocycles. The molecule has 0 spiro atoms. The van der Waals surface area contributed by atoms with Crippen LogP contribution < -0.4 is 10.4 Å². The Morgan fingerprint density at radius 3 is 2.30 bits per heavy atom. The lowest BCUT2D eigenvalue weighted by Crippen LogP contribution is -2.67. The maximum absolute atomic E-state index is 13.4. The molecule has 1 N–H and O–H groups in total. The minimum Gasteiger partial charge on any atom is -0.502 e. The average Bonchev–Trinajstić information content (AvgIpc) is 2.99. The minimum absolute atomic E-state index is 0.105. The number of hydrogen-bond acceptors (Lipinski definition) is 6. The topological polar surface area (TPSA) is 87.9 Å². The van der Waals surface area contributed by atoms with E-state index in [0.717, 1.165) is 30.2 Å². The third-order valence-corrected chi connectivity index (χ3v) is 6.90. The molecule has 2 atom stereocenters. The molecule has 0 bridgehead atoms. The molecule has 0 radical (unpaired) electrons. The van der Waals surface area contributed by atoms with Crippen LogP contribution in [0, 0.1) is 0 Å². The van der Waals surface area contributed by atoms with Gasteiger partial charge in [0.25, 0.3) is 5.91 Å². The highest BCUT2D eigenvalue weighted by Gasteiger charge is 2.47. The first-order chi connectivity index (χ1) is 16.0. The smallest absolute Gasteiger partial charge is 0.280 e. The van der Waals surface area contributed by atoms with Gasteiger partial charge in [0.1, 0.15) is 18.4 Å². The van der Waals surface area contributed by atoms with Crippen molar-refractivity contribution in [3.8, 4) is 5.75 Å². The van der Waals surface area contributed by atoms with E-state index in [1.807, 2.05) is 36.2 Å². The van der Waals surface area contributed by atoms with Crippen molar-refractivity contribution in [3.63, 3.8) is 0 Å². The molecule has 0 saturated carbocycles. The lowest BCUT2D eigenvalue weighted by molar-refractivity contribution is -0.0591. The van der Waals surface area contributed by atoms with Crippen molar-refractivity contribution in [2.75, 3.05) is 18.2 Å². The van der Waals surface area contributed by atoms with Gasteiger partial charge >= 0.3 is 0 Å². The zero-order valence-electron chi connectivity index (χ0n) is 18.2. The highest BCUT2D eigenvalue weighted by molar-refractivity contribution is 5.96. The van der Waals surface area contributed by atoms with E-state index < -0.39 is 23.3 Å². The molecule has 3 aliphatic rings. The number of aromatic hydroxyl groups is 1.